The summed E-state index contributed by atoms with van der Waals surface area (Å²) in [5, 5.41) is 0. The number of hydrogen-bond donors (Lipinski definition) is 0. The summed E-state index contributed by atoms with van der Waals surface area (Å²) >= 11 is 0. The van der Waals surface area contributed by atoms with Gasteiger partial charge in [0.1, 0.15) is 6.10 Å². The summed E-state index contributed by atoms with van der Waals surface area (Å²) < 4.78 is 5.07. The first-order chi connectivity index (χ1) is 8.06. The van der Waals surface area contributed by atoms with E-state index in [2.05, 4.69) is 4.98 Å². The predicted octanol–water partition coefficient (Wildman–Crippen LogP) is 1.85. The molecule has 4 nitrogen and oxygen atoms in total. The molecule has 1 atom stereocenters. The van der Waals surface area contributed by atoms with Gasteiger partial charge in [0.2, 0.25) is 0 Å². The summed E-state index contributed by atoms with van der Waals surface area (Å²) in [6, 6.07) is 3.98. The minimum atomic E-state index is -0.408. The van der Waals surface area contributed by atoms with Crippen molar-refractivity contribution >= 4 is 5.91 Å². The second kappa shape index (κ2) is 6.35. The standard InChI is InChI=1S/C13H20N2O2/c1-10(2)15(13(16)11(3)17-4)9-12-6-5-7-14-8-12/h5-8,10-11H,9H2,1-4H3. The summed E-state index contributed by atoms with van der Waals surface area (Å²) in [5.41, 5.74) is 1.03. The quantitative estimate of drug-likeness (QED) is 0.783. The third kappa shape index (κ3) is 3.82. The largest absolute Gasteiger partial charge is 0.372 e. The number of rotatable bonds is 5. The van der Waals surface area contributed by atoms with Crippen molar-refractivity contribution in [3.8, 4) is 0 Å². The molecular weight excluding hydrogens is 216 g/mol. The smallest absolute Gasteiger partial charge is 0.251 e. The van der Waals surface area contributed by atoms with Crippen LogP contribution in [-0.4, -0.2) is 35.0 Å². The number of aromatic nitrogens is 1. The number of nitrogens with zero attached hydrogens (tertiary/aromatic N) is 2. The third-order valence-corrected chi connectivity index (χ3v) is 2.68. The van der Waals surface area contributed by atoms with Gasteiger partial charge in [-0.3, -0.25) is 9.78 Å². The van der Waals surface area contributed by atoms with E-state index in [1.165, 1.54) is 0 Å². The van der Waals surface area contributed by atoms with Crippen molar-refractivity contribution in [3.05, 3.63) is 30.1 Å². The van der Waals surface area contributed by atoms with Crippen LogP contribution in [0.1, 0.15) is 26.3 Å². The van der Waals surface area contributed by atoms with E-state index in [1.54, 1.807) is 31.3 Å². The van der Waals surface area contributed by atoms with Gasteiger partial charge in [-0.25, -0.2) is 0 Å². The molecule has 1 heterocycles. The van der Waals surface area contributed by atoms with Crippen LogP contribution in [0, 0.1) is 0 Å². The van der Waals surface area contributed by atoms with Gasteiger partial charge >= 0.3 is 0 Å². The highest BCUT2D eigenvalue weighted by Gasteiger charge is 2.22. The summed E-state index contributed by atoms with van der Waals surface area (Å²) in [4.78, 5) is 17.9. The van der Waals surface area contributed by atoms with Crippen LogP contribution in [0.15, 0.2) is 24.5 Å². The van der Waals surface area contributed by atoms with Gasteiger partial charge in [0.15, 0.2) is 0 Å². The molecule has 4 heteroatoms. The van der Waals surface area contributed by atoms with Gasteiger partial charge in [-0.1, -0.05) is 6.07 Å². The fourth-order valence-electron chi connectivity index (χ4n) is 1.54. The second-order valence-corrected chi connectivity index (χ2v) is 4.30. The van der Waals surface area contributed by atoms with Crippen LogP contribution in [-0.2, 0) is 16.1 Å². The van der Waals surface area contributed by atoms with Crippen molar-refractivity contribution in [2.24, 2.45) is 0 Å². The topological polar surface area (TPSA) is 42.4 Å². The summed E-state index contributed by atoms with van der Waals surface area (Å²) in [6.45, 7) is 6.33. The van der Waals surface area contributed by atoms with Crippen LogP contribution in [0.4, 0.5) is 0 Å². The van der Waals surface area contributed by atoms with E-state index in [-0.39, 0.29) is 11.9 Å². The second-order valence-electron chi connectivity index (χ2n) is 4.30. The lowest BCUT2D eigenvalue weighted by Crippen LogP contribution is -2.42. The molecule has 0 fully saturated rings. The molecule has 94 valence electrons. The normalized spacial score (nSPS) is 12.5. The fraction of sp³-hybridized carbons (Fsp3) is 0.538. The molecule has 1 aromatic heterocycles. The van der Waals surface area contributed by atoms with E-state index < -0.39 is 6.10 Å². The van der Waals surface area contributed by atoms with Gasteiger partial charge < -0.3 is 9.64 Å². The number of pyridine rings is 1. The Kier molecular flexibility index (Phi) is 5.10. The molecule has 17 heavy (non-hydrogen) atoms. The first-order valence-corrected chi connectivity index (χ1v) is 5.78. The van der Waals surface area contributed by atoms with E-state index in [4.69, 9.17) is 4.74 Å². The maximum Gasteiger partial charge on any atom is 0.251 e. The Labute approximate surface area is 103 Å². The van der Waals surface area contributed by atoms with Crippen LogP contribution in [0.25, 0.3) is 0 Å². The number of amides is 1. The monoisotopic (exact) mass is 236 g/mol. The lowest BCUT2D eigenvalue weighted by atomic mass is 10.2. The first-order valence-electron chi connectivity index (χ1n) is 5.78. The van der Waals surface area contributed by atoms with Gasteiger partial charge in [0, 0.05) is 32.1 Å². The van der Waals surface area contributed by atoms with Crippen molar-refractivity contribution in [1.82, 2.24) is 9.88 Å². The van der Waals surface area contributed by atoms with Gasteiger partial charge in [0.05, 0.1) is 0 Å². The molecule has 1 unspecified atom stereocenters. The molecule has 1 amide bonds. The molecule has 1 rings (SSSR count). The molecule has 0 aliphatic heterocycles. The van der Waals surface area contributed by atoms with Crippen molar-refractivity contribution in [3.63, 3.8) is 0 Å². The number of ether oxygens (including phenoxy) is 1. The minimum Gasteiger partial charge on any atom is -0.372 e. The number of carbonyl (C=O) groups is 1. The zero-order chi connectivity index (χ0) is 12.8. The fourth-order valence-corrected chi connectivity index (χ4v) is 1.54. The van der Waals surface area contributed by atoms with E-state index in [0.29, 0.717) is 6.54 Å². The maximum absolute atomic E-state index is 12.1. The highest BCUT2D eigenvalue weighted by molar-refractivity contribution is 5.80. The van der Waals surface area contributed by atoms with Crippen LogP contribution >= 0.6 is 0 Å². The molecule has 0 aromatic carbocycles. The van der Waals surface area contributed by atoms with Crippen LogP contribution in [0.5, 0.6) is 0 Å². The van der Waals surface area contributed by atoms with Crippen molar-refractivity contribution in [2.45, 2.75) is 39.5 Å². The Balaban J connectivity index is 2.77. The van der Waals surface area contributed by atoms with E-state index in [9.17, 15) is 4.79 Å². The Morgan fingerprint density at radius 1 is 1.47 bits per heavy atom. The summed E-state index contributed by atoms with van der Waals surface area (Å²) in [7, 11) is 1.55. The van der Waals surface area contributed by atoms with Crippen molar-refractivity contribution in [2.75, 3.05) is 7.11 Å². The van der Waals surface area contributed by atoms with Gasteiger partial charge in [-0.15, -0.1) is 0 Å². The molecule has 0 saturated carbocycles. The summed E-state index contributed by atoms with van der Waals surface area (Å²) in [6.07, 6.45) is 3.09. The molecule has 0 spiro atoms. The van der Waals surface area contributed by atoms with Crippen molar-refractivity contribution in [1.29, 1.82) is 0 Å². The molecule has 0 aliphatic carbocycles. The van der Waals surface area contributed by atoms with Crippen LogP contribution < -0.4 is 0 Å². The Morgan fingerprint density at radius 2 is 2.18 bits per heavy atom. The third-order valence-electron chi connectivity index (χ3n) is 2.68. The van der Waals surface area contributed by atoms with Crippen LogP contribution in [0.3, 0.4) is 0 Å². The lowest BCUT2D eigenvalue weighted by Gasteiger charge is -2.29. The molecule has 0 bridgehead atoms. The first kappa shape index (κ1) is 13.6. The molecule has 1 aromatic rings. The Hall–Kier alpha value is -1.42. The van der Waals surface area contributed by atoms with Gasteiger partial charge in [0.25, 0.3) is 5.91 Å². The maximum atomic E-state index is 12.1. The zero-order valence-electron chi connectivity index (χ0n) is 10.9. The summed E-state index contributed by atoms with van der Waals surface area (Å²) in [5.74, 6) is 0.00588. The average Bonchev–Trinajstić information content (AvgIpc) is 2.35. The van der Waals surface area contributed by atoms with E-state index >= 15 is 0 Å². The zero-order valence-corrected chi connectivity index (χ0v) is 10.9. The number of hydrogen-bond acceptors (Lipinski definition) is 3. The predicted molar refractivity (Wildman–Crippen MR) is 66.4 cm³/mol. The molecular formula is C13H20N2O2. The van der Waals surface area contributed by atoms with E-state index in [0.717, 1.165) is 5.56 Å². The molecule has 0 radical (unpaired) electrons. The Morgan fingerprint density at radius 3 is 2.65 bits per heavy atom. The molecule has 0 N–H and O–H groups in total. The number of carbonyl (C=O) groups excluding carboxylic acids is 1. The van der Waals surface area contributed by atoms with Gasteiger partial charge in [-0.2, -0.15) is 0 Å². The van der Waals surface area contributed by atoms with E-state index in [1.807, 2.05) is 26.0 Å². The number of methoxy groups -OCH3 is 1. The molecule has 0 saturated heterocycles. The Bertz CT molecular complexity index is 352. The lowest BCUT2D eigenvalue weighted by molar-refractivity contribution is -0.143. The average molecular weight is 236 g/mol. The minimum absolute atomic E-state index is 0.00588. The molecule has 0 aliphatic rings. The van der Waals surface area contributed by atoms with Crippen LogP contribution in [0.2, 0.25) is 0 Å². The SMILES string of the molecule is COC(C)C(=O)N(Cc1cccnc1)C(C)C. The van der Waals surface area contributed by atoms with Crippen molar-refractivity contribution < 1.29 is 9.53 Å². The highest BCUT2D eigenvalue weighted by Crippen LogP contribution is 2.10. The highest BCUT2D eigenvalue weighted by atomic mass is 16.5. The van der Waals surface area contributed by atoms with Gasteiger partial charge in [-0.05, 0) is 32.4 Å².